The quantitative estimate of drug-likeness (QED) is 0.159. The maximum atomic E-state index is 13.6. The molecule has 6 heteroatoms. The van der Waals surface area contributed by atoms with Crippen LogP contribution in [0.3, 0.4) is 0 Å². The van der Waals surface area contributed by atoms with Crippen LogP contribution >= 0.6 is 0 Å². The summed E-state index contributed by atoms with van der Waals surface area (Å²) in [5, 5.41) is 4.27. The van der Waals surface area contributed by atoms with E-state index in [-0.39, 0.29) is 29.3 Å². The van der Waals surface area contributed by atoms with Crippen molar-refractivity contribution in [3.8, 4) is 0 Å². The van der Waals surface area contributed by atoms with Gasteiger partial charge in [-0.25, -0.2) is 9.13 Å². The summed E-state index contributed by atoms with van der Waals surface area (Å²) in [5.74, 6) is 2.56. The Morgan fingerprint density at radius 2 is 1.27 bits per heavy atom. The SMILES string of the molecule is Cc1n(CC=C(c2cc3ccccc3o2)c2cc3ccccc3o2)c2ccccc2[n+]1CC(=O)c1ccc2ccccc2c1.[Br-]. The van der Waals surface area contributed by atoms with Gasteiger partial charge < -0.3 is 25.8 Å². The number of carbonyl (C=O) groups is 1. The second kappa shape index (κ2) is 11.7. The van der Waals surface area contributed by atoms with E-state index in [2.05, 4.69) is 64.6 Å². The van der Waals surface area contributed by atoms with Gasteiger partial charge in [0.05, 0.1) is 5.57 Å². The third-order valence-corrected chi connectivity index (χ3v) is 8.48. The molecule has 5 nitrogen and oxygen atoms in total. The van der Waals surface area contributed by atoms with E-state index in [1.807, 2.05) is 84.9 Å². The van der Waals surface area contributed by atoms with Crippen molar-refractivity contribution in [1.29, 1.82) is 0 Å². The van der Waals surface area contributed by atoms with Gasteiger partial charge in [-0.1, -0.05) is 84.9 Å². The number of nitrogens with zero attached hydrogens (tertiary/aromatic N) is 2. The zero-order chi connectivity index (χ0) is 29.6. The molecule has 220 valence electrons. The van der Waals surface area contributed by atoms with Crippen LogP contribution in [0.25, 0.3) is 49.3 Å². The van der Waals surface area contributed by atoms with Crippen LogP contribution in [0.2, 0.25) is 0 Å². The minimum atomic E-state index is 0. The van der Waals surface area contributed by atoms with E-state index in [9.17, 15) is 4.79 Å². The van der Waals surface area contributed by atoms with Crippen molar-refractivity contribution >= 4 is 55.1 Å². The third-order valence-electron chi connectivity index (χ3n) is 8.48. The fourth-order valence-electron chi connectivity index (χ4n) is 6.18. The van der Waals surface area contributed by atoms with E-state index in [0.29, 0.717) is 12.1 Å². The molecular weight excluding hydrogens is 624 g/mol. The third kappa shape index (κ3) is 5.17. The number of ketones is 1. The predicted octanol–water partition coefficient (Wildman–Crippen LogP) is 5.90. The summed E-state index contributed by atoms with van der Waals surface area (Å²) in [5.41, 5.74) is 5.33. The smallest absolute Gasteiger partial charge is 0.254 e. The lowest BCUT2D eigenvalue weighted by molar-refractivity contribution is -0.664. The second-order valence-electron chi connectivity index (χ2n) is 11.1. The molecule has 0 atom stereocenters. The Balaban J connectivity index is 0.00000325. The summed E-state index contributed by atoms with van der Waals surface area (Å²) in [4.78, 5) is 13.6. The van der Waals surface area contributed by atoms with Crippen molar-refractivity contribution < 1.29 is 35.2 Å². The molecule has 0 N–H and O–H groups in total. The average molecular weight is 654 g/mol. The monoisotopic (exact) mass is 652 g/mol. The number of para-hydroxylation sites is 4. The fourth-order valence-corrected chi connectivity index (χ4v) is 6.18. The molecule has 45 heavy (non-hydrogen) atoms. The van der Waals surface area contributed by atoms with Gasteiger partial charge in [0.25, 0.3) is 5.82 Å². The number of furan rings is 2. The molecule has 0 saturated carbocycles. The molecule has 5 aromatic carbocycles. The Kier molecular flexibility index (Phi) is 7.43. The van der Waals surface area contributed by atoms with Crippen molar-refractivity contribution in [3.05, 3.63) is 156 Å². The molecular formula is C39H29BrN2O3. The van der Waals surface area contributed by atoms with Crippen molar-refractivity contribution in [1.82, 2.24) is 4.57 Å². The molecule has 8 aromatic rings. The highest BCUT2D eigenvalue weighted by Gasteiger charge is 2.24. The molecule has 8 rings (SSSR count). The number of aromatic nitrogens is 2. The van der Waals surface area contributed by atoms with Crippen LogP contribution in [-0.2, 0) is 13.1 Å². The number of hydrogen-bond donors (Lipinski definition) is 0. The van der Waals surface area contributed by atoms with Crippen LogP contribution in [0.1, 0.15) is 27.7 Å². The number of carbonyl (C=O) groups excluding carboxylic acids is 1. The highest BCUT2D eigenvalue weighted by molar-refractivity contribution is 5.99. The molecule has 3 heterocycles. The Hall–Kier alpha value is -5.20. The van der Waals surface area contributed by atoms with E-state index in [0.717, 1.165) is 66.7 Å². The van der Waals surface area contributed by atoms with Crippen molar-refractivity contribution in [2.45, 2.75) is 20.0 Å². The lowest BCUT2D eigenvalue weighted by Gasteiger charge is -2.04. The molecule has 0 fully saturated rings. The van der Waals surface area contributed by atoms with Crippen molar-refractivity contribution in [3.63, 3.8) is 0 Å². The van der Waals surface area contributed by atoms with Gasteiger partial charge in [-0.3, -0.25) is 4.79 Å². The van der Waals surface area contributed by atoms with Crippen LogP contribution in [0.4, 0.5) is 0 Å². The summed E-state index contributed by atoms with van der Waals surface area (Å²) in [6.07, 6.45) is 2.16. The zero-order valence-corrected chi connectivity index (χ0v) is 26.2. The van der Waals surface area contributed by atoms with E-state index in [1.54, 1.807) is 0 Å². The molecule has 0 bridgehead atoms. The van der Waals surface area contributed by atoms with Gasteiger partial charge in [0, 0.05) is 23.3 Å². The Bertz CT molecular complexity index is 2250. The number of fused-ring (bicyclic) bond motifs is 4. The number of rotatable bonds is 7. The van der Waals surface area contributed by atoms with Gasteiger partial charge in [0.2, 0.25) is 5.78 Å². The zero-order valence-electron chi connectivity index (χ0n) is 24.6. The Morgan fingerprint density at radius 3 is 1.93 bits per heavy atom. The van der Waals surface area contributed by atoms with Crippen molar-refractivity contribution in [2.75, 3.05) is 0 Å². The van der Waals surface area contributed by atoms with E-state index in [1.165, 1.54) is 0 Å². The summed E-state index contributed by atoms with van der Waals surface area (Å²) in [6, 6.07) is 42.5. The fraction of sp³-hybridized carbons (Fsp3) is 0.0769. The van der Waals surface area contributed by atoms with Crippen LogP contribution < -0.4 is 21.5 Å². The lowest BCUT2D eigenvalue weighted by atomic mass is 10.0. The van der Waals surface area contributed by atoms with Crippen LogP contribution in [0.15, 0.2) is 142 Å². The predicted molar refractivity (Wildman–Crippen MR) is 175 cm³/mol. The van der Waals surface area contributed by atoms with Gasteiger partial charge >= 0.3 is 0 Å². The Morgan fingerprint density at radius 1 is 0.689 bits per heavy atom. The molecule has 0 saturated heterocycles. The first-order valence-electron chi connectivity index (χ1n) is 14.8. The van der Waals surface area contributed by atoms with Gasteiger partial charge in [-0.05, 0) is 59.3 Å². The summed E-state index contributed by atoms with van der Waals surface area (Å²) in [6.45, 7) is 2.89. The van der Waals surface area contributed by atoms with Crippen LogP contribution in [-0.4, -0.2) is 10.4 Å². The maximum Gasteiger partial charge on any atom is 0.254 e. The average Bonchev–Trinajstić information content (AvgIpc) is 3.76. The van der Waals surface area contributed by atoms with Gasteiger partial charge in [0.15, 0.2) is 17.6 Å². The maximum absolute atomic E-state index is 13.6. The largest absolute Gasteiger partial charge is 1.00 e. The number of hydrogen-bond acceptors (Lipinski definition) is 3. The first-order valence-corrected chi connectivity index (χ1v) is 14.8. The number of halogens is 1. The molecule has 0 radical (unpaired) electrons. The number of allylic oxidation sites excluding steroid dienone is 1. The van der Waals surface area contributed by atoms with Gasteiger partial charge in [-0.15, -0.1) is 0 Å². The lowest BCUT2D eigenvalue weighted by Crippen LogP contribution is -3.00. The first kappa shape index (κ1) is 28.6. The minimum absolute atomic E-state index is 0. The first-order chi connectivity index (χ1) is 21.6. The molecule has 0 spiro atoms. The molecule has 0 aliphatic heterocycles. The van der Waals surface area contributed by atoms with Crippen LogP contribution in [0.5, 0.6) is 0 Å². The van der Waals surface area contributed by atoms with E-state index < -0.39 is 0 Å². The van der Waals surface area contributed by atoms with E-state index in [4.69, 9.17) is 8.83 Å². The van der Waals surface area contributed by atoms with Crippen molar-refractivity contribution in [2.24, 2.45) is 0 Å². The van der Waals surface area contributed by atoms with E-state index >= 15 is 0 Å². The summed E-state index contributed by atoms with van der Waals surface area (Å²) >= 11 is 0. The number of benzene rings is 5. The Labute approximate surface area is 270 Å². The topological polar surface area (TPSA) is 52.2 Å². The summed E-state index contributed by atoms with van der Waals surface area (Å²) in [7, 11) is 0. The molecule has 3 aromatic heterocycles. The second-order valence-corrected chi connectivity index (χ2v) is 11.1. The molecule has 0 aliphatic carbocycles. The molecule has 0 amide bonds. The number of Topliss-reactive ketones (excluding diaryl/α,β-unsaturated/α-hetero) is 1. The number of imidazole rings is 1. The van der Waals surface area contributed by atoms with Crippen LogP contribution in [0, 0.1) is 6.92 Å². The van der Waals surface area contributed by atoms with Gasteiger partial charge in [0.1, 0.15) is 29.2 Å². The standard InChI is InChI=1S/C39H29N2O3.BrH/c1-26-40(33-14-6-7-15-34(33)41(26)25-35(42)29-19-18-27-10-2-3-11-28(27)22-29)21-20-32(38-23-30-12-4-8-16-36(30)43-38)39-24-31-13-5-9-17-37(31)44-39;/h2-20,22-24H,21,25H2,1H3;1H/q+1;/p-1. The highest BCUT2D eigenvalue weighted by atomic mass is 79.9. The summed E-state index contributed by atoms with van der Waals surface area (Å²) < 4.78 is 17.0. The van der Waals surface area contributed by atoms with Gasteiger partial charge in [-0.2, -0.15) is 0 Å². The minimum Gasteiger partial charge on any atom is -1.00 e. The molecule has 0 unspecified atom stereocenters. The molecule has 0 aliphatic rings. The normalized spacial score (nSPS) is 11.3. The highest BCUT2D eigenvalue weighted by Crippen LogP contribution is 2.33.